The molecule has 0 amide bonds. The number of hydrogen-bond donors (Lipinski definition) is 0. The van der Waals surface area contributed by atoms with Crippen molar-refractivity contribution in [1.29, 1.82) is 0 Å². The molecule has 3 aromatic rings. The highest BCUT2D eigenvalue weighted by Crippen LogP contribution is 2.35. The maximum absolute atomic E-state index is 12.2. The summed E-state index contributed by atoms with van der Waals surface area (Å²) in [6, 6.07) is 11.7. The zero-order valence-electron chi connectivity index (χ0n) is 12.5. The Kier molecular flexibility index (Phi) is 4.55. The molecule has 0 bridgehead atoms. The lowest BCUT2D eigenvalue weighted by atomic mass is 10.3. The molecule has 24 heavy (non-hydrogen) atoms. The van der Waals surface area contributed by atoms with E-state index in [1.807, 2.05) is 47.2 Å². The van der Waals surface area contributed by atoms with Gasteiger partial charge in [0.25, 0.3) is 0 Å². The van der Waals surface area contributed by atoms with Gasteiger partial charge < -0.3 is 9.47 Å². The van der Waals surface area contributed by atoms with Gasteiger partial charge in [0.15, 0.2) is 0 Å². The van der Waals surface area contributed by atoms with Crippen LogP contribution in [0.5, 0.6) is 5.75 Å². The van der Waals surface area contributed by atoms with Crippen LogP contribution in [-0.2, 0) is 16.1 Å². The summed E-state index contributed by atoms with van der Waals surface area (Å²) in [5.41, 5.74) is 0.764. The molecule has 0 radical (unpaired) electrons. The number of carbonyl (C=O) groups excluding carboxylic acids is 1. The average molecular weight is 375 g/mol. The van der Waals surface area contributed by atoms with Crippen LogP contribution in [0.4, 0.5) is 0 Å². The Morgan fingerprint density at radius 3 is 3.04 bits per heavy atom. The first-order chi connectivity index (χ1) is 11.8. The first-order valence-corrected chi connectivity index (χ1v) is 10.1. The van der Waals surface area contributed by atoms with Crippen molar-refractivity contribution in [2.75, 3.05) is 5.75 Å². The lowest BCUT2D eigenvalue weighted by Gasteiger charge is -2.23. The van der Waals surface area contributed by atoms with E-state index in [0.717, 1.165) is 26.2 Å². The monoisotopic (exact) mass is 375 g/mol. The van der Waals surface area contributed by atoms with Gasteiger partial charge in [0, 0.05) is 16.0 Å². The second-order valence-corrected chi connectivity index (χ2v) is 7.96. The first-order valence-electron chi connectivity index (χ1n) is 7.33. The summed E-state index contributed by atoms with van der Waals surface area (Å²) >= 11 is 4.82. The highest BCUT2D eigenvalue weighted by atomic mass is 32.2. The highest BCUT2D eigenvalue weighted by molar-refractivity contribution is 7.99. The van der Waals surface area contributed by atoms with Crippen LogP contribution in [0.3, 0.4) is 0 Å². The number of rotatable bonds is 4. The van der Waals surface area contributed by atoms with Crippen LogP contribution in [0.25, 0.3) is 9.88 Å². The summed E-state index contributed by atoms with van der Waals surface area (Å²) in [5, 5.41) is 4.90. The fourth-order valence-electron chi connectivity index (χ4n) is 2.26. The molecule has 0 aliphatic carbocycles. The van der Waals surface area contributed by atoms with Crippen molar-refractivity contribution in [3.05, 3.63) is 52.9 Å². The molecule has 0 unspecified atom stereocenters. The van der Waals surface area contributed by atoms with Crippen molar-refractivity contribution >= 4 is 40.4 Å². The second kappa shape index (κ2) is 6.96. The minimum absolute atomic E-state index is 0.173. The van der Waals surface area contributed by atoms with Gasteiger partial charge >= 0.3 is 5.97 Å². The zero-order chi connectivity index (χ0) is 16.4. The number of nitrogens with zero attached hydrogens (tertiary/aromatic N) is 1. The average Bonchev–Trinajstić information content (AvgIpc) is 3.30. The molecule has 3 heterocycles. The number of thiophene rings is 1. The standard InChI is InChI=1S/C17H13NO3S3/c19-17(13-10-23-14-5-2-1-4-12(14)21-13)20-8-11-9-24-16(18-11)15-6-3-7-22-15/h1-7,9,13H,8,10H2/t13-/m0/s1. The first kappa shape index (κ1) is 15.7. The van der Waals surface area contributed by atoms with E-state index in [2.05, 4.69) is 4.98 Å². The van der Waals surface area contributed by atoms with Crippen LogP contribution < -0.4 is 4.74 Å². The largest absolute Gasteiger partial charge is 0.477 e. The summed E-state index contributed by atoms with van der Waals surface area (Å²) in [6.07, 6.45) is -0.569. The molecule has 0 saturated carbocycles. The zero-order valence-corrected chi connectivity index (χ0v) is 15.0. The molecule has 0 fully saturated rings. The lowest BCUT2D eigenvalue weighted by molar-refractivity contribution is -0.152. The van der Waals surface area contributed by atoms with Crippen LogP contribution >= 0.6 is 34.4 Å². The number of hydrogen-bond acceptors (Lipinski definition) is 7. The number of ether oxygens (including phenoxy) is 2. The molecule has 4 nitrogen and oxygen atoms in total. The Bertz CT molecular complexity index is 844. The molecule has 122 valence electrons. The number of esters is 1. The normalized spacial score (nSPS) is 16.2. The van der Waals surface area contributed by atoms with Gasteiger partial charge in [-0.2, -0.15) is 0 Å². The van der Waals surface area contributed by atoms with Crippen molar-refractivity contribution in [3.63, 3.8) is 0 Å². The number of aromatic nitrogens is 1. The van der Waals surface area contributed by atoms with Crippen molar-refractivity contribution in [1.82, 2.24) is 4.98 Å². The molecule has 7 heteroatoms. The van der Waals surface area contributed by atoms with Crippen LogP contribution in [0, 0.1) is 0 Å². The van der Waals surface area contributed by atoms with Crippen LogP contribution in [-0.4, -0.2) is 22.8 Å². The topological polar surface area (TPSA) is 48.4 Å². The number of benzene rings is 1. The molecule has 0 saturated heterocycles. The molecule has 4 rings (SSSR count). The molecule has 2 aromatic heterocycles. The Balaban J connectivity index is 1.36. The number of para-hydroxylation sites is 1. The SMILES string of the molecule is O=C(OCc1csc(-c2cccs2)n1)[C@@H]1CSc2ccccc2O1. The van der Waals surface area contributed by atoms with Gasteiger partial charge in [-0.15, -0.1) is 34.4 Å². The molecule has 0 N–H and O–H groups in total. The minimum atomic E-state index is -0.569. The molecule has 0 spiro atoms. The van der Waals surface area contributed by atoms with Crippen molar-refractivity contribution in [2.45, 2.75) is 17.6 Å². The number of fused-ring (bicyclic) bond motifs is 1. The quantitative estimate of drug-likeness (QED) is 0.630. The third kappa shape index (κ3) is 3.33. The van der Waals surface area contributed by atoms with E-state index < -0.39 is 6.10 Å². The van der Waals surface area contributed by atoms with Crippen molar-refractivity contribution in [2.24, 2.45) is 0 Å². The molecular formula is C17H13NO3S3. The molecular weight excluding hydrogens is 362 g/mol. The van der Waals surface area contributed by atoms with E-state index in [-0.39, 0.29) is 12.6 Å². The second-order valence-electron chi connectivity index (χ2n) is 5.09. The Hall–Kier alpha value is -1.83. The van der Waals surface area contributed by atoms with Crippen LogP contribution in [0.2, 0.25) is 0 Å². The minimum Gasteiger partial charge on any atom is -0.477 e. The van der Waals surface area contributed by atoms with Crippen LogP contribution in [0.1, 0.15) is 5.69 Å². The maximum atomic E-state index is 12.2. The molecule has 1 atom stereocenters. The van der Waals surface area contributed by atoms with Gasteiger partial charge in [-0.1, -0.05) is 18.2 Å². The van der Waals surface area contributed by atoms with E-state index in [0.29, 0.717) is 5.75 Å². The van der Waals surface area contributed by atoms with E-state index in [9.17, 15) is 4.79 Å². The molecule has 1 aliphatic heterocycles. The summed E-state index contributed by atoms with van der Waals surface area (Å²) in [5.74, 6) is 0.958. The number of carbonyl (C=O) groups is 1. The Labute approximate surface area is 151 Å². The van der Waals surface area contributed by atoms with Gasteiger partial charge in [0.2, 0.25) is 6.10 Å². The van der Waals surface area contributed by atoms with E-state index in [1.54, 1.807) is 34.4 Å². The lowest BCUT2D eigenvalue weighted by Crippen LogP contribution is -2.33. The van der Waals surface area contributed by atoms with Crippen molar-refractivity contribution in [3.8, 4) is 15.6 Å². The van der Waals surface area contributed by atoms with E-state index in [4.69, 9.17) is 9.47 Å². The predicted molar refractivity (Wildman–Crippen MR) is 96.8 cm³/mol. The smallest absolute Gasteiger partial charge is 0.348 e. The molecule has 1 aliphatic rings. The number of thiazole rings is 1. The fraction of sp³-hybridized carbons (Fsp3) is 0.176. The van der Waals surface area contributed by atoms with E-state index in [1.165, 1.54) is 0 Å². The summed E-state index contributed by atoms with van der Waals surface area (Å²) in [4.78, 5) is 18.9. The number of thioether (sulfide) groups is 1. The summed E-state index contributed by atoms with van der Waals surface area (Å²) in [7, 11) is 0. The van der Waals surface area contributed by atoms with Crippen LogP contribution in [0.15, 0.2) is 52.1 Å². The summed E-state index contributed by atoms with van der Waals surface area (Å²) in [6.45, 7) is 0.173. The third-order valence-electron chi connectivity index (χ3n) is 3.42. The Morgan fingerprint density at radius 2 is 2.17 bits per heavy atom. The van der Waals surface area contributed by atoms with Gasteiger partial charge in [-0.25, -0.2) is 9.78 Å². The van der Waals surface area contributed by atoms with E-state index >= 15 is 0 Å². The van der Waals surface area contributed by atoms with Gasteiger partial charge in [-0.05, 0) is 23.6 Å². The van der Waals surface area contributed by atoms with Gasteiger partial charge in [0.05, 0.1) is 10.6 Å². The molecule has 1 aromatic carbocycles. The Morgan fingerprint density at radius 1 is 1.25 bits per heavy atom. The third-order valence-corrected chi connectivity index (χ3v) is 6.47. The summed E-state index contributed by atoms with van der Waals surface area (Å²) < 4.78 is 11.1. The van der Waals surface area contributed by atoms with Crippen molar-refractivity contribution < 1.29 is 14.3 Å². The van der Waals surface area contributed by atoms with Gasteiger partial charge in [0.1, 0.15) is 17.4 Å². The highest BCUT2D eigenvalue weighted by Gasteiger charge is 2.28. The van der Waals surface area contributed by atoms with Gasteiger partial charge in [-0.3, -0.25) is 0 Å². The predicted octanol–water partition coefficient (Wildman–Crippen LogP) is 4.47. The fourth-order valence-corrected chi connectivity index (χ4v) is 4.85. The maximum Gasteiger partial charge on any atom is 0.348 e.